The summed E-state index contributed by atoms with van der Waals surface area (Å²) in [6.07, 6.45) is 0.646. The molecule has 0 aliphatic rings. The van der Waals surface area contributed by atoms with E-state index in [0.717, 1.165) is 22.3 Å². The van der Waals surface area contributed by atoms with Gasteiger partial charge in [0.1, 0.15) is 5.75 Å². The quantitative estimate of drug-likeness (QED) is 0.801. The summed E-state index contributed by atoms with van der Waals surface area (Å²) in [7, 11) is 0. The van der Waals surface area contributed by atoms with Crippen molar-refractivity contribution in [1.82, 2.24) is 0 Å². The SMILES string of the molecule is Cc1cc(CCC(=O)O)c(C)c(C)c1O. The molecule has 0 aliphatic carbocycles. The zero-order valence-corrected chi connectivity index (χ0v) is 9.29. The number of hydrogen-bond acceptors (Lipinski definition) is 2. The first-order chi connectivity index (χ1) is 6.93. The number of aromatic hydroxyl groups is 1. The van der Waals surface area contributed by atoms with Crippen LogP contribution in [0.1, 0.15) is 28.7 Å². The first kappa shape index (κ1) is 11.6. The topological polar surface area (TPSA) is 57.5 Å². The van der Waals surface area contributed by atoms with Gasteiger partial charge in [0.2, 0.25) is 0 Å². The third-order valence-electron chi connectivity index (χ3n) is 2.77. The van der Waals surface area contributed by atoms with Crippen LogP contribution in [-0.2, 0) is 11.2 Å². The van der Waals surface area contributed by atoms with Gasteiger partial charge in [0.15, 0.2) is 0 Å². The predicted molar refractivity (Wildman–Crippen MR) is 58.3 cm³/mol. The molecule has 0 radical (unpaired) electrons. The van der Waals surface area contributed by atoms with E-state index in [2.05, 4.69) is 0 Å². The molecule has 1 aromatic rings. The predicted octanol–water partition coefficient (Wildman–Crippen LogP) is 2.33. The molecule has 0 heterocycles. The van der Waals surface area contributed by atoms with E-state index >= 15 is 0 Å². The molecule has 0 bridgehead atoms. The molecule has 0 aliphatic heterocycles. The maximum Gasteiger partial charge on any atom is 0.303 e. The van der Waals surface area contributed by atoms with Gasteiger partial charge in [0.25, 0.3) is 0 Å². The number of carboxylic acids is 1. The van der Waals surface area contributed by atoms with Crippen LogP contribution in [0.15, 0.2) is 6.07 Å². The number of phenolic OH excluding ortho intramolecular Hbond substituents is 1. The summed E-state index contributed by atoms with van der Waals surface area (Å²) in [5.41, 5.74) is 3.64. The molecule has 0 saturated heterocycles. The molecule has 0 unspecified atom stereocenters. The molecule has 0 amide bonds. The van der Waals surface area contributed by atoms with Gasteiger partial charge in [0, 0.05) is 6.42 Å². The van der Waals surface area contributed by atoms with E-state index in [-0.39, 0.29) is 6.42 Å². The molecular formula is C12H16O3. The summed E-state index contributed by atoms with van der Waals surface area (Å²) in [5, 5.41) is 18.3. The van der Waals surface area contributed by atoms with Crippen molar-refractivity contribution < 1.29 is 15.0 Å². The summed E-state index contributed by atoms with van der Waals surface area (Å²) >= 11 is 0. The Kier molecular flexibility index (Phi) is 3.35. The van der Waals surface area contributed by atoms with E-state index in [0.29, 0.717) is 12.2 Å². The van der Waals surface area contributed by atoms with Crippen molar-refractivity contribution in [2.24, 2.45) is 0 Å². The number of rotatable bonds is 3. The lowest BCUT2D eigenvalue weighted by Gasteiger charge is -2.12. The average molecular weight is 208 g/mol. The van der Waals surface area contributed by atoms with Gasteiger partial charge in [-0.05, 0) is 49.4 Å². The van der Waals surface area contributed by atoms with E-state index in [4.69, 9.17) is 5.11 Å². The van der Waals surface area contributed by atoms with Gasteiger partial charge in [0.05, 0.1) is 0 Å². The Morgan fingerprint density at radius 3 is 2.40 bits per heavy atom. The van der Waals surface area contributed by atoms with Crippen molar-refractivity contribution in [2.45, 2.75) is 33.6 Å². The standard InChI is InChI=1S/C12H16O3/c1-7-6-10(4-5-11(13)14)8(2)9(3)12(7)15/h6,15H,4-5H2,1-3H3,(H,13,14). The molecule has 1 aromatic carbocycles. The highest BCUT2D eigenvalue weighted by atomic mass is 16.4. The fourth-order valence-electron chi connectivity index (χ4n) is 1.65. The van der Waals surface area contributed by atoms with Crippen LogP contribution in [0.5, 0.6) is 5.75 Å². The maximum atomic E-state index is 10.5. The summed E-state index contributed by atoms with van der Waals surface area (Å²) in [4.78, 5) is 10.5. The highest BCUT2D eigenvalue weighted by Crippen LogP contribution is 2.27. The monoisotopic (exact) mass is 208 g/mol. The molecule has 0 aromatic heterocycles. The van der Waals surface area contributed by atoms with Crippen molar-refractivity contribution >= 4 is 5.97 Å². The van der Waals surface area contributed by atoms with E-state index in [1.54, 1.807) is 0 Å². The van der Waals surface area contributed by atoms with Crippen LogP contribution in [0.25, 0.3) is 0 Å². The van der Waals surface area contributed by atoms with Crippen LogP contribution in [0.4, 0.5) is 0 Å². The van der Waals surface area contributed by atoms with Crippen LogP contribution >= 0.6 is 0 Å². The summed E-state index contributed by atoms with van der Waals surface area (Å²) in [5.74, 6) is -0.482. The second-order valence-corrected chi connectivity index (χ2v) is 3.84. The fourth-order valence-corrected chi connectivity index (χ4v) is 1.65. The molecule has 0 fully saturated rings. The third kappa shape index (κ3) is 2.49. The molecule has 3 nitrogen and oxygen atoms in total. The highest BCUT2D eigenvalue weighted by Gasteiger charge is 2.09. The zero-order valence-electron chi connectivity index (χ0n) is 9.29. The van der Waals surface area contributed by atoms with E-state index in [9.17, 15) is 9.90 Å². The molecule has 3 heteroatoms. The molecule has 82 valence electrons. The Morgan fingerprint density at radius 2 is 1.87 bits per heavy atom. The van der Waals surface area contributed by atoms with Crippen molar-refractivity contribution in [2.75, 3.05) is 0 Å². The molecule has 0 saturated carbocycles. The molecule has 1 rings (SSSR count). The number of aryl methyl sites for hydroxylation is 2. The largest absolute Gasteiger partial charge is 0.507 e. The van der Waals surface area contributed by atoms with Gasteiger partial charge in [-0.3, -0.25) is 4.79 Å². The average Bonchev–Trinajstić information content (AvgIpc) is 2.18. The normalized spacial score (nSPS) is 10.3. The molecule has 2 N–H and O–H groups in total. The third-order valence-corrected chi connectivity index (χ3v) is 2.77. The van der Waals surface area contributed by atoms with Crippen molar-refractivity contribution in [1.29, 1.82) is 0 Å². The van der Waals surface area contributed by atoms with Gasteiger partial charge in [-0.2, -0.15) is 0 Å². The lowest BCUT2D eigenvalue weighted by molar-refractivity contribution is -0.136. The minimum Gasteiger partial charge on any atom is -0.507 e. The van der Waals surface area contributed by atoms with Crippen LogP contribution in [0, 0.1) is 20.8 Å². The smallest absolute Gasteiger partial charge is 0.303 e. The number of carbonyl (C=O) groups is 1. The molecule has 0 atom stereocenters. The van der Waals surface area contributed by atoms with E-state index < -0.39 is 5.97 Å². The first-order valence-corrected chi connectivity index (χ1v) is 4.94. The Hall–Kier alpha value is -1.51. The van der Waals surface area contributed by atoms with Gasteiger partial charge in [-0.1, -0.05) is 6.07 Å². The van der Waals surface area contributed by atoms with Crippen molar-refractivity contribution in [3.63, 3.8) is 0 Å². The second-order valence-electron chi connectivity index (χ2n) is 3.84. The Morgan fingerprint density at radius 1 is 1.27 bits per heavy atom. The van der Waals surface area contributed by atoms with Crippen LogP contribution in [0.2, 0.25) is 0 Å². The molecule has 0 spiro atoms. The fraction of sp³-hybridized carbons (Fsp3) is 0.417. The minimum atomic E-state index is -0.794. The van der Waals surface area contributed by atoms with Crippen molar-refractivity contribution in [3.8, 4) is 5.75 Å². The number of aliphatic carboxylic acids is 1. The Balaban J connectivity index is 3.04. The van der Waals surface area contributed by atoms with Gasteiger partial charge in [-0.15, -0.1) is 0 Å². The van der Waals surface area contributed by atoms with Crippen LogP contribution < -0.4 is 0 Å². The number of carboxylic acid groups (broad SMARTS) is 1. The van der Waals surface area contributed by atoms with Gasteiger partial charge >= 0.3 is 5.97 Å². The Bertz CT molecular complexity index is 394. The number of hydrogen-bond donors (Lipinski definition) is 2. The Labute approximate surface area is 89.4 Å². The maximum absolute atomic E-state index is 10.5. The lowest BCUT2D eigenvalue weighted by atomic mass is 9.96. The number of phenols is 1. The zero-order chi connectivity index (χ0) is 11.6. The minimum absolute atomic E-state index is 0.129. The van der Waals surface area contributed by atoms with E-state index in [1.807, 2.05) is 26.8 Å². The summed E-state index contributed by atoms with van der Waals surface area (Å²) in [6.45, 7) is 5.58. The van der Waals surface area contributed by atoms with Crippen LogP contribution in [0.3, 0.4) is 0 Å². The lowest BCUT2D eigenvalue weighted by Crippen LogP contribution is -2.01. The summed E-state index contributed by atoms with van der Waals surface area (Å²) in [6, 6.07) is 1.86. The van der Waals surface area contributed by atoms with Crippen molar-refractivity contribution in [3.05, 3.63) is 28.3 Å². The van der Waals surface area contributed by atoms with Crippen LogP contribution in [-0.4, -0.2) is 16.2 Å². The molecule has 15 heavy (non-hydrogen) atoms. The number of benzene rings is 1. The molecular weight excluding hydrogens is 192 g/mol. The van der Waals surface area contributed by atoms with Gasteiger partial charge in [-0.25, -0.2) is 0 Å². The highest BCUT2D eigenvalue weighted by molar-refractivity contribution is 5.67. The summed E-state index contributed by atoms with van der Waals surface area (Å²) < 4.78 is 0. The van der Waals surface area contributed by atoms with E-state index in [1.165, 1.54) is 0 Å². The first-order valence-electron chi connectivity index (χ1n) is 4.94. The van der Waals surface area contributed by atoms with Gasteiger partial charge < -0.3 is 10.2 Å². The second kappa shape index (κ2) is 4.34.